The molecule has 134 valence electrons. The van der Waals surface area contributed by atoms with E-state index in [1.54, 1.807) is 0 Å². The van der Waals surface area contributed by atoms with Gasteiger partial charge < -0.3 is 0 Å². The van der Waals surface area contributed by atoms with E-state index in [0.717, 1.165) is 55.0 Å². The van der Waals surface area contributed by atoms with Crippen molar-refractivity contribution in [2.45, 2.75) is 65.6 Å². The molecule has 0 heterocycles. The van der Waals surface area contributed by atoms with E-state index in [9.17, 15) is 0 Å². The molecule has 0 aliphatic rings. The van der Waals surface area contributed by atoms with Gasteiger partial charge in [-0.15, -0.1) is 66.5 Å². The van der Waals surface area contributed by atoms with Crippen LogP contribution in [0.25, 0.3) is 0 Å². The highest BCUT2D eigenvalue weighted by Gasteiger charge is 2.44. The second-order valence-electron chi connectivity index (χ2n) is 5.56. The van der Waals surface area contributed by atoms with Crippen molar-refractivity contribution in [3.05, 3.63) is 22.3 Å². The molecule has 0 spiro atoms. The summed E-state index contributed by atoms with van der Waals surface area (Å²) in [6, 6.07) is -6.05. The number of unbranched alkanes of at least 4 members (excludes halogenated alkanes) is 4. The zero-order chi connectivity index (χ0) is 18.1. The van der Waals surface area contributed by atoms with Crippen LogP contribution in [0.4, 0.5) is 0 Å². The van der Waals surface area contributed by atoms with Crippen molar-refractivity contribution in [1.29, 1.82) is 0 Å². The molecule has 0 radical (unpaired) electrons. The van der Waals surface area contributed by atoms with Crippen molar-refractivity contribution in [3.63, 3.8) is 0 Å². The fourth-order valence-electron chi connectivity index (χ4n) is 2.44. The van der Waals surface area contributed by atoms with Crippen LogP contribution in [0.5, 0.6) is 0 Å². The molecule has 0 atom stereocenters. The van der Waals surface area contributed by atoms with Crippen LogP contribution < -0.4 is 0 Å². The number of halogens is 6. The number of hydrogen-bond donors (Lipinski definition) is 0. The van der Waals surface area contributed by atoms with E-state index >= 15 is 0 Å². The lowest BCUT2D eigenvalue weighted by Gasteiger charge is -2.26. The topological polar surface area (TPSA) is 0 Å². The van der Waals surface area contributed by atoms with Gasteiger partial charge in [0.1, 0.15) is 0 Å². The zero-order valence-electron chi connectivity index (χ0n) is 13.9. The Hall–Kier alpha value is 1.72. The molecule has 0 aliphatic heterocycles. The van der Waals surface area contributed by atoms with E-state index in [-0.39, 0.29) is 6.71 Å². The number of hydrogen-bond acceptors (Lipinski definition) is 0. The molecule has 0 bridgehead atoms. The Morgan fingerprint density at radius 3 is 1.30 bits per heavy atom. The Labute approximate surface area is 172 Å². The first-order chi connectivity index (χ1) is 10.6. The molecule has 0 N–H and O–H groups in total. The summed E-state index contributed by atoms with van der Waals surface area (Å²) in [5.41, 5.74) is 0. The summed E-state index contributed by atoms with van der Waals surface area (Å²) in [6.45, 7) is 6.27. The first-order valence-electron chi connectivity index (χ1n) is 8.13. The average Bonchev–Trinajstić information content (AvgIpc) is 2.42. The highest BCUT2D eigenvalue weighted by atomic mass is 35.8. The fourth-order valence-corrected chi connectivity index (χ4v) is 8.61. The van der Waals surface area contributed by atoms with Crippen molar-refractivity contribution >= 4 is 85.2 Å². The molecule has 0 aliphatic carbocycles. The van der Waals surface area contributed by atoms with Gasteiger partial charge in [-0.3, -0.25) is 0 Å². The molecule has 0 saturated carbocycles. The molecule has 9 heteroatoms. The van der Waals surface area contributed by atoms with E-state index in [4.69, 9.17) is 66.5 Å². The highest BCUT2D eigenvalue weighted by Crippen LogP contribution is 2.40. The fraction of sp³-hybridized carbons (Fsp3) is 0.714. The molecule has 0 rings (SSSR count). The van der Waals surface area contributed by atoms with E-state index in [1.165, 1.54) is 0 Å². The molecule has 0 nitrogen and oxygen atoms in total. The van der Waals surface area contributed by atoms with E-state index < -0.39 is 12.0 Å². The van der Waals surface area contributed by atoms with Crippen LogP contribution in [0.2, 0.25) is 6.32 Å². The average molecular weight is 473 g/mol. The van der Waals surface area contributed by atoms with Crippen molar-refractivity contribution in [3.8, 4) is 0 Å². The smallest absolute Gasteiger partial charge is 0.122 e. The number of allylic oxidation sites excluding steroid dienone is 2. The van der Waals surface area contributed by atoms with Crippen LogP contribution in [0, 0.1) is 0 Å². The molecular formula is C14H25BCl6Si2. The molecule has 0 aromatic heterocycles. The van der Waals surface area contributed by atoms with Gasteiger partial charge in [-0.2, -0.15) is 0 Å². The first kappa shape index (κ1) is 24.7. The quantitative estimate of drug-likeness (QED) is 0.161. The van der Waals surface area contributed by atoms with Crippen LogP contribution in [-0.2, 0) is 0 Å². The molecule has 0 amide bonds. The van der Waals surface area contributed by atoms with E-state index in [0.29, 0.717) is 0 Å². The van der Waals surface area contributed by atoms with Crippen LogP contribution in [0.15, 0.2) is 22.3 Å². The second-order valence-corrected chi connectivity index (χ2v) is 22.4. The summed E-state index contributed by atoms with van der Waals surface area (Å²) in [4.78, 5) is 0. The molecular weight excluding hydrogens is 448 g/mol. The lowest BCUT2D eigenvalue weighted by molar-refractivity contribution is 0.813. The van der Waals surface area contributed by atoms with Crippen LogP contribution in [-0.4, -0.2) is 18.7 Å². The minimum atomic E-state index is -3.03. The monoisotopic (exact) mass is 470 g/mol. The summed E-state index contributed by atoms with van der Waals surface area (Å²) in [7, 11) is 0. The van der Waals surface area contributed by atoms with Gasteiger partial charge in [-0.1, -0.05) is 75.1 Å². The largest absolute Gasteiger partial charge is 0.360 e. The van der Waals surface area contributed by atoms with Crippen LogP contribution in [0.3, 0.4) is 0 Å². The van der Waals surface area contributed by atoms with Gasteiger partial charge in [0.05, 0.1) is 0 Å². The minimum absolute atomic E-state index is 0.0676. The third-order valence-electron chi connectivity index (χ3n) is 3.66. The molecule has 0 fully saturated rings. The Bertz CT molecular complexity index is 365. The molecule has 23 heavy (non-hydrogen) atoms. The van der Waals surface area contributed by atoms with Gasteiger partial charge in [0.25, 0.3) is 0 Å². The van der Waals surface area contributed by atoms with Gasteiger partial charge in [0.15, 0.2) is 6.71 Å². The van der Waals surface area contributed by atoms with Crippen molar-refractivity contribution in [2.24, 2.45) is 0 Å². The van der Waals surface area contributed by atoms with Crippen molar-refractivity contribution in [2.75, 3.05) is 0 Å². The summed E-state index contributed by atoms with van der Waals surface area (Å²) in [6.07, 6.45) is 11.0. The molecule has 0 saturated heterocycles. The predicted molar refractivity (Wildman–Crippen MR) is 118 cm³/mol. The van der Waals surface area contributed by atoms with Gasteiger partial charge in [0, 0.05) is 0 Å². The normalized spacial score (nSPS) is 14.3. The van der Waals surface area contributed by atoms with E-state index in [2.05, 4.69) is 32.9 Å². The minimum Gasteiger partial charge on any atom is -0.122 e. The number of rotatable bonds is 11. The molecule has 0 aromatic carbocycles. The third kappa shape index (κ3) is 9.84. The van der Waals surface area contributed by atoms with E-state index in [1.807, 2.05) is 0 Å². The third-order valence-corrected chi connectivity index (χ3v) is 10.00. The lowest BCUT2D eigenvalue weighted by atomic mass is 9.46. The van der Waals surface area contributed by atoms with Crippen LogP contribution >= 0.6 is 66.5 Å². The second kappa shape index (κ2) is 12.2. The standard InChI is InChI=1S/C14H25BCl6Si2/c1-4-7-9-11-13(22(16,17)18)15(6-3)14(23(19,20)21)12-10-8-5-2/h11-12H,4-10H2,1-3H3/b13-11-,14-12-. The Morgan fingerprint density at radius 2 is 1.09 bits per heavy atom. The van der Waals surface area contributed by atoms with Crippen molar-refractivity contribution < 1.29 is 0 Å². The Morgan fingerprint density at radius 1 is 0.739 bits per heavy atom. The maximum atomic E-state index is 6.37. The first-order valence-corrected chi connectivity index (χ1v) is 18.2. The zero-order valence-corrected chi connectivity index (χ0v) is 20.5. The lowest BCUT2D eigenvalue weighted by Crippen LogP contribution is -2.37. The Kier molecular flexibility index (Phi) is 13.1. The van der Waals surface area contributed by atoms with Gasteiger partial charge in [0.2, 0.25) is 0 Å². The van der Waals surface area contributed by atoms with Crippen LogP contribution in [0.1, 0.15) is 59.3 Å². The molecule has 0 unspecified atom stereocenters. The van der Waals surface area contributed by atoms with Gasteiger partial charge >= 0.3 is 12.0 Å². The predicted octanol–water partition coefficient (Wildman–Crippen LogP) is 8.20. The van der Waals surface area contributed by atoms with Crippen molar-refractivity contribution in [1.82, 2.24) is 0 Å². The Balaban J connectivity index is 5.72. The summed E-state index contributed by atoms with van der Waals surface area (Å²) >= 11 is 38.2. The van der Waals surface area contributed by atoms with Gasteiger partial charge in [-0.25, -0.2) is 0 Å². The SMILES string of the molecule is CCCC/C=C(/B(CC)/C(=C/CCCC)[Si](Cl)(Cl)Cl)[Si](Cl)(Cl)Cl. The molecule has 0 aromatic rings. The van der Waals surface area contributed by atoms with Gasteiger partial charge in [-0.05, 0) is 12.8 Å². The summed E-state index contributed by atoms with van der Waals surface area (Å²) < 4.78 is 0. The highest BCUT2D eigenvalue weighted by molar-refractivity contribution is 7.72. The summed E-state index contributed by atoms with van der Waals surface area (Å²) in [5.74, 6) is 0. The summed E-state index contributed by atoms with van der Waals surface area (Å²) in [5, 5.41) is 1.75. The maximum absolute atomic E-state index is 6.37. The maximum Gasteiger partial charge on any atom is 0.360 e.